The number of hydrogen-bond acceptors (Lipinski definition) is 9. The largest absolute Gasteiger partial charge is 0.394 e. The number of ether oxygens (including phenoxy) is 1. The van der Waals surface area contributed by atoms with Crippen LogP contribution in [0.1, 0.15) is 17.4 Å². The van der Waals surface area contributed by atoms with Crippen molar-refractivity contribution in [2.45, 2.75) is 37.6 Å². The molecule has 0 radical (unpaired) electrons. The number of rotatable bonds is 3. The van der Waals surface area contributed by atoms with E-state index in [9.17, 15) is 15.3 Å². The minimum Gasteiger partial charge on any atom is -0.394 e. The number of pyridine rings is 1. The minimum absolute atomic E-state index is 0.387. The zero-order valence-corrected chi connectivity index (χ0v) is 14.3. The van der Waals surface area contributed by atoms with Gasteiger partial charge >= 0.3 is 0 Å². The van der Waals surface area contributed by atoms with Crippen LogP contribution >= 0.6 is 0 Å². The van der Waals surface area contributed by atoms with Crippen molar-refractivity contribution in [1.82, 2.24) is 24.5 Å². The highest BCUT2D eigenvalue weighted by Gasteiger charge is 2.44. The third-order valence-electron chi connectivity index (χ3n) is 5.16. The molecule has 3 aromatic rings. The third kappa shape index (κ3) is 2.49. The summed E-state index contributed by atoms with van der Waals surface area (Å²) in [5.41, 5.74) is 3.41. The van der Waals surface area contributed by atoms with Crippen molar-refractivity contribution in [2.24, 2.45) is 0 Å². The minimum atomic E-state index is -1.19. The second-order valence-corrected chi connectivity index (χ2v) is 6.75. The van der Waals surface area contributed by atoms with Crippen molar-refractivity contribution < 1.29 is 20.1 Å². The Morgan fingerprint density at radius 2 is 1.96 bits per heavy atom. The van der Waals surface area contributed by atoms with Gasteiger partial charge in [0, 0.05) is 25.5 Å². The van der Waals surface area contributed by atoms with E-state index < -0.39 is 24.5 Å². The molecule has 140 valence electrons. The van der Waals surface area contributed by atoms with Crippen LogP contribution < -0.4 is 4.90 Å². The Morgan fingerprint density at radius 1 is 1.11 bits per heavy atom. The summed E-state index contributed by atoms with van der Waals surface area (Å²) in [5, 5.41) is 29.6. The molecule has 3 aromatic heterocycles. The van der Waals surface area contributed by atoms with Crippen LogP contribution in [0.25, 0.3) is 11.2 Å². The molecule has 0 aliphatic carbocycles. The maximum Gasteiger partial charge on any atom is 0.167 e. The van der Waals surface area contributed by atoms with Crippen molar-refractivity contribution in [3.05, 3.63) is 42.2 Å². The monoisotopic (exact) mass is 370 g/mol. The molecule has 0 spiro atoms. The van der Waals surface area contributed by atoms with Crippen molar-refractivity contribution in [3.8, 4) is 0 Å². The number of aliphatic hydroxyl groups is 3. The molecule has 0 bridgehead atoms. The lowest BCUT2D eigenvalue weighted by Gasteiger charge is -2.18. The number of anilines is 1. The quantitative estimate of drug-likeness (QED) is 0.551. The number of aromatic nitrogens is 5. The zero-order valence-electron chi connectivity index (χ0n) is 14.3. The molecule has 1 saturated heterocycles. The van der Waals surface area contributed by atoms with E-state index in [1.54, 1.807) is 10.8 Å². The molecule has 27 heavy (non-hydrogen) atoms. The smallest absolute Gasteiger partial charge is 0.167 e. The molecular formula is C17H18N6O4. The standard InChI is InChI=1S/C17H18N6O4/c24-6-11-13(25)14(26)17(27-11)23-8-21-12-15(19-7-20-16(12)23)22-4-9-1-2-18-3-10(9)5-22/h1-3,7-8,11,13-14,17,24-26H,4-6H2/t11-,13-,14-,17-/m1/s1. The molecule has 0 aromatic carbocycles. The van der Waals surface area contributed by atoms with Gasteiger partial charge in [-0.1, -0.05) is 0 Å². The van der Waals surface area contributed by atoms with Gasteiger partial charge in [0.15, 0.2) is 23.2 Å². The summed E-state index contributed by atoms with van der Waals surface area (Å²) in [4.78, 5) is 19.4. The molecule has 10 nitrogen and oxygen atoms in total. The highest BCUT2D eigenvalue weighted by atomic mass is 16.6. The van der Waals surface area contributed by atoms with Gasteiger partial charge in [0.05, 0.1) is 12.9 Å². The Morgan fingerprint density at radius 3 is 2.74 bits per heavy atom. The molecule has 2 aliphatic heterocycles. The summed E-state index contributed by atoms with van der Waals surface area (Å²) in [7, 11) is 0. The Labute approximate surface area is 153 Å². The van der Waals surface area contributed by atoms with Crippen LogP contribution in [0.4, 0.5) is 5.82 Å². The zero-order chi connectivity index (χ0) is 18.5. The summed E-state index contributed by atoms with van der Waals surface area (Å²) >= 11 is 0. The van der Waals surface area contributed by atoms with Gasteiger partial charge in [0.25, 0.3) is 0 Å². The van der Waals surface area contributed by atoms with Gasteiger partial charge in [-0.3, -0.25) is 9.55 Å². The van der Waals surface area contributed by atoms with Gasteiger partial charge < -0.3 is 25.0 Å². The second kappa shape index (κ2) is 6.20. The first-order valence-electron chi connectivity index (χ1n) is 8.64. The van der Waals surface area contributed by atoms with Crippen LogP contribution in [0.5, 0.6) is 0 Å². The summed E-state index contributed by atoms with van der Waals surface area (Å²) in [6, 6.07) is 1.99. The molecule has 1 fully saturated rings. The van der Waals surface area contributed by atoms with Gasteiger partial charge in [0.2, 0.25) is 0 Å². The van der Waals surface area contributed by atoms with Gasteiger partial charge in [0.1, 0.15) is 24.6 Å². The Balaban J connectivity index is 1.51. The summed E-state index contributed by atoms with van der Waals surface area (Å²) in [5.74, 6) is 0.682. The average Bonchev–Trinajstić information content (AvgIpc) is 3.38. The van der Waals surface area contributed by atoms with Crippen LogP contribution in [-0.2, 0) is 17.8 Å². The number of fused-ring (bicyclic) bond motifs is 2. The molecule has 3 N–H and O–H groups in total. The summed E-state index contributed by atoms with van der Waals surface area (Å²) < 4.78 is 7.16. The second-order valence-electron chi connectivity index (χ2n) is 6.75. The van der Waals surface area contributed by atoms with E-state index in [-0.39, 0.29) is 6.61 Å². The first-order valence-corrected chi connectivity index (χ1v) is 8.64. The van der Waals surface area contributed by atoms with Crippen molar-refractivity contribution in [1.29, 1.82) is 0 Å². The van der Waals surface area contributed by atoms with Gasteiger partial charge in [-0.15, -0.1) is 0 Å². The lowest BCUT2D eigenvalue weighted by Crippen LogP contribution is -2.33. The van der Waals surface area contributed by atoms with Crippen LogP contribution in [0.2, 0.25) is 0 Å². The molecule has 4 atom stereocenters. The van der Waals surface area contributed by atoms with E-state index in [1.807, 2.05) is 12.3 Å². The Bertz CT molecular complexity index is 969. The van der Waals surface area contributed by atoms with E-state index in [0.29, 0.717) is 30.1 Å². The highest BCUT2D eigenvalue weighted by molar-refractivity contribution is 5.83. The molecule has 5 rings (SSSR count). The van der Waals surface area contributed by atoms with Crippen LogP contribution in [-0.4, -0.2) is 64.7 Å². The van der Waals surface area contributed by atoms with Crippen LogP contribution in [0.3, 0.4) is 0 Å². The first kappa shape index (κ1) is 16.5. The number of imidazole rings is 1. The molecule has 0 amide bonds. The van der Waals surface area contributed by atoms with Crippen LogP contribution in [0.15, 0.2) is 31.1 Å². The molecule has 2 aliphatic rings. The fourth-order valence-electron chi connectivity index (χ4n) is 3.74. The predicted octanol–water partition coefficient (Wildman–Crippen LogP) is -0.647. The average molecular weight is 370 g/mol. The van der Waals surface area contributed by atoms with E-state index >= 15 is 0 Å². The van der Waals surface area contributed by atoms with E-state index in [4.69, 9.17) is 4.74 Å². The van der Waals surface area contributed by atoms with Gasteiger partial charge in [-0.2, -0.15) is 0 Å². The van der Waals surface area contributed by atoms with E-state index in [0.717, 1.165) is 5.56 Å². The van der Waals surface area contributed by atoms with E-state index in [2.05, 4.69) is 24.8 Å². The van der Waals surface area contributed by atoms with E-state index in [1.165, 1.54) is 18.2 Å². The number of hydrogen-bond donors (Lipinski definition) is 3. The van der Waals surface area contributed by atoms with Crippen molar-refractivity contribution in [3.63, 3.8) is 0 Å². The number of aliphatic hydroxyl groups excluding tert-OH is 3. The first-order chi connectivity index (χ1) is 13.2. The lowest BCUT2D eigenvalue weighted by molar-refractivity contribution is -0.0511. The topological polar surface area (TPSA) is 130 Å². The normalized spacial score (nSPS) is 27.4. The van der Waals surface area contributed by atoms with Crippen molar-refractivity contribution in [2.75, 3.05) is 11.5 Å². The lowest BCUT2D eigenvalue weighted by atomic mass is 10.1. The molecule has 10 heteroatoms. The summed E-state index contributed by atoms with van der Waals surface area (Å²) in [6.07, 6.45) is 2.46. The molecule has 0 unspecified atom stereocenters. The fraction of sp³-hybridized carbons (Fsp3) is 0.412. The Kier molecular flexibility index (Phi) is 3.79. The predicted molar refractivity (Wildman–Crippen MR) is 92.5 cm³/mol. The SMILES string of the molecule is OC[C@H]1O[C@@H](n2cnc3c(N4Cc5ccncc5C4)ncnc32)[C@H](O)[C@@H]1O. The maximum atomic E-state index is 10.3. The van der Waals surface area contributed by atoms with Gasteiger partial charge in [-0.25, -0.2) is 15.0 Å². The molecular weight excluding hydrogens is 352 g/mol. The molecule has 5 heterocycles. The van der Waals surface area contributed by atoms with Crippen LogP contribution in [0, 0.1) is 0 Å². The highest BCUT2D eigenvalue weighted by Crippen LogP contribution is 2.34. The maximum absolute atomic E-state index is 10.3. The number of nitrogens with zero attached hydrogens (tertiary/aromatic N) is 6. The van der Waals surface area contributed by atoms with Gasteiger partial charge in [-0.05, 0) is 17.2 Å². The van der Waals surface area contributed by atoms with Crippen molar-refractivity contribution >= 4 is 17.0 Å². The summed E-state index contributed by atoms with van der Waals surface area (Å²) in [6.45, 7) is 0.988. The fourth-order valence-corrected chi connectivity index (χ4v) is 3.74. The molecule has 0 saturated carbocycles. The Hall–Kier alpha value is -2.66. The third-order valence-corrected chi connectivity index (χ3v) is 5.16.